The highest BCUT2D eigenvalue weighted by Crippen LogP contribution is 2.35. The second-order valence-corrected chi connectivity index (χ2v) is 5.92. The molecule has 1 heterocycles. The summed E-state index contributed by atoms with van der Waals surface area (Å²) < 4.78 is 5.83. The summed E-state index contributed by atoms with van der Waals surface area (Å²) >= 11 is 15.0. The number of hydrogen-bond donors (Lipinski definition) is 2. The first kappa shape index (κ1) is 17.5. The zero-order valence-corrected chi connectivity index (χ0v) is 14.6. The molecule has 0 unspecified atom stereocenters. The molecule has 23 heavy (non-hydrogen) atoms. The summed E-state index contributed by atoms with van der Waals surface area (Å²) in [7, 11) is 0. The van der Waals surface area contributed by atoms with Gasteiger partial charge >= 0.3 is 0 Å². The van der Waals surface area contributed by atoms with E-state index in [0.717, 1.165) is 0 Å². The van der Waals surface area contributed by atoms with Crippen molar-refractivity contribution in [2.24, 2.45) is 0 Å². The highest BCUT2D eigenvalue weighted by molar-refractivity contribution is 9.10. The van der Waals surface area contributed by atoms with Crippen LogP contribution in [0.5, 0.6) is 5.75 Å². The van der Waals surface area contributed by atoms with Crippen molar-refractivity contribution < 1.29 is 14.3 Å². The topological polar surface area (TPSA) is 80.3 Å². The zero-order chi connectivity index (χ0) is 16.8. The molecule has 0 atom stereocenters. The number of pyridine rings is 1. The van der Waals surface area contributed by atoms with Gasteiger partial charge in [0.25, 0.3) is 11.8 Å². The van der Waals surface area contributed by atoms with Crippen LogP contribution >= 0.6 is 39.1 Å². The molecule has 0 spiro atoms. The number of rotatable bonds is 4. The molecule has 120 valence electrons. The van der Waals surface area contributed by atoms with Gasteiger partial charge in [0.2, 0.25) is 0 Å². The number of halogens is 3. The summed E-state index contributed by atoms with van der Waals surface area (Å²) in [5.41, 5.74) is 4.86. The molecule has 0 aliphatic rings. The number of carbonyl (C=O) groups excluding carboxylic acids is 2. The van der Waals surface area contributed by atoms with Crippen LogP contribution in [0.2, 0.25) is 10.0 Å². The van der Waals surface area contributed by atoms with E-state index in [1.807, 2.05) is 0 Å². The van der Waals surface area contributed by atoms with Crippen LogP contribution < -0.4 is 15.6 Å². The fourth-order valence-electron chi connectivity index (χ4n) is 1.54. The minimum Gasteiger partial charge on any atom is -0.481 e. The van der Waals surface area contributed by atoms with Crippen LogP contribution in [-0.2, 0) is 4.79 Å². The third kappa shape index (κ3) is 5.09. The van der Waals surface area contributed by atoms with E-state index in [2.05, 4.69) is 31.8 Å². The predicted octanol–water partition coefficient (Wildman–Crippen LogP) is 2.99. The molecular formula is C14H10BrCl2N3O3. The van der Waals surface area contributed by atoms with E-state index in [-0.39, 0.29) is 17.4 Å². The Morgan fingerprint density at radius 1 is 1.17 bits per heavy atom. The molecule has 0 saturated carbocycles. The van der Waals surface area contributed by atoms with Crippen molar-refractivity contribution in [2.75, 3.05) is 6.61 Å². The first-order chi connectivity index (χ1) is 11.0. The Morgan fingerprint density at radius 3 is 2.52 bits per heavy atom. The number of ether oxygens (including phenoxy) is 1. The van der Waals surface area contributed by atoms with Crippen molar-refractivity contribution in [3.8, 4) is 5.75 Å². The van der Waals surface area contributed by atoms with Gasteiger partial charge in [0.1, 0.15) is 0 Å². The summed E-state index contributed by atoms with van der Waals surface area (Å²) in [6, 6.07) is 6.11. The normalized spacial score (nSPS) is 10.0. The van der Waals surface area contributed by atoms with E-state index in [1.165, 1.54) is 30.6 Å². The second-order valence-electron chi connectivity index (χ2n) is 4.23. The lowest BCUT2D eigenvalue weighted by Gasteiger charge is -2.11. The number of benzene rings is 1. The molecule has 9 heteroatoms. The molecule has 0 aliphatic carbocycles. The van der Waals surface area contributed by atoms with Crippen LogP contribution in [-0.4, -0.2) is 23.4 Å². The number of amides is 2. The summed E-state index contributed by atoms with van der Waals surface area (Å²) in [6.45, 7) is -0.337. The lowest BCUT2D eigenvalue weighted by atomic mass is 10.3. The molecule has 0 fully saturated rings. The number of carbonyl (C=O) groups is 2. The summed E-state index contributed by atoms with van der Waals surface area (Å²) in [5.74, 6) is -0.733. The first-order valence-corrected chi connectivity index (χ1v) is 7.79. The molecular weight excluding hydrogens is 409 g/mol. The Bertz CT molecular complexity index is 705. The highest BCUT2D eigenvalue weighted by Gasteiger charge is 2.12. The van der Waals surface area contributed by atoms with Gasteiger partial charge in [-0.25, -0.2) is 0 Å². The van der Waals surface area contributed by atoms with Crippen LogP contribution in [0.15, 0.2) is 41.1 Å². The van der Waals surface area contributed by atoms with E-state index in [0.29, 0.717) is 15.1 Å². The Labute approximate surface area is 150 Å². The van der Waals surface area contributed by atoms with Crippen molar-refractivity contribution in [1.29, 1.82) is 0 Å². The highest BCUT2D eigenvalue weighted by atomic mass is 79.9. The maximum atomic E-state index is 11.7. The van der Waals surface area contributed by atoms with Gasteiger partial charge in [0, 0.05) is 23.0 Å². The van der Waals surface area contributed by atoms with Gasteiger partial charge in [-0.1, -0.05) is 23.2 Å². The quantitative estimate of drug-likeness (QED) is 0.748. The average Bonchev–Trinajstić information content (AvgIpc) is 2.52. The standard InChI is InChI=1S/C14H10BrCl2N3O3/c15-10-5-9(16)6-11(17)13(10)23-7-12(21)19-20-14(22)8-1-3-18-4-2-8/h1-6H,7H2,(H,19,21)(H,20,22). The monoisotopic (exact) mass is 417 g/mol. The number of aromatic nitrogens is 1. The van der Waals surface area contributed by atoms with Gasteiger partial charge in [0.05, 0.1) is 9.50 Å². The van der Waals surface area contributed by atoms with Gasteiger partial charge in [-0.2, -0.15) is 0 Å². The van der Waals surface area contributed by atoms with E-state index >= 15 is 0 Å². The minimum absolute atomic E-state index is 0.262. The van der Waals surface area contributed by atoms with Gasteiger partial charge in [-0.15, -0.1) is 0 Å². The SMILES string of the molecule is O=C(COc1c(Cl)cc(Cl)cc1Br)NNC(=O)c1ccncc1. The zero-order valence-electron chi connectivity index (χ0n) is 11.5. The van der Waals surface area contributed by atoms with Crippen molar-refractivity contribution in [1.82, 2.24) is 15.8 Å². The summed E-state index contributed by atoms with van der Waals surface area (Å²) in [4.78, 5) is 27.2. The van der Waals surface area contributed by atoms with Crippen LogP contribution in [0.3, 0.4) is 0 Å². The Balaban J connectivity index is 1.85. The Kier molecular flexibility index (Phi) is 6.20. The lowest BCUT2D eigenvalue weighted by molar-refractivity contribution is -0.123. The predicted molar refractivity (Wildman–Crippen MR) is 89.5 cm³/mol. The smallest absolute Gasteiger partial charge is 0.276 e. The number of nitrogens with zero attached hydrogens (tertiary/aromatic N) is 1. The van der Waals surface area contributed by atoms with E-state index in [1.54, 1.807) is 6.07 Å². The van der Waals surface area contributed by atoms with E-state index in [9.17, 15) is 9.59 Å². The molecule has 0 saturated heterocycles. The maximum absolute atomic E-state index is 11.7. The molecule has 2 N–H and O–H groups in total. The largest absolute Gasteiger partial charge is 0.481 e. The lowest BCUT2D eigenvalue weighted by Crippen LogP contribution is -2.43. The molecule has 0 aliphatic heterocycles. The van der Waals surface area contributed by atoms with Crippen LogP contribution in [0.1, 0.15) is 10.4 Å². The average molecular weight is 419 g/mol. The third-order valence-corrected chi connectivity index (χ3v) is 3.66. The maximum Gasteiger partial charge on any atom is 0.276 e. The van der Waals surface area contributed by atoms with Gasteiger partial charge in [0.15, 0.2) is 12.4 Å². The third-order valence-electron chi connectivity index (χ3n) is 2.57. The number of nitrogens with one attached hydrogen (secondary N) is 2. The number of hydrogen-bond acceptors (Lipinski definition) is 4. The fourth-order valence-corrected chi connectivity index (χ4v) is 2.91. The van der Waals surface area contributed by atoms with Gasteiger partial charge < -0.3 is 4.74 Å². The summed E-state index contributed by atoms with van der Waals surface area (Å²) in [5, 5.41) is 0.696. The molecule has 1 aromatic carbocycles. The first-order valence-electron chi connectivity index (χ1n) is 6.24. The minimum atomic E-state index is -0.551. The molecule has 1 aromatic heterocycles. The van der Waals surface area contributed by atoms with Crippen LogP contribution in [0.4, 0.5) is 0 Å². The Hall–Kier alpha value is -1.83. The molecule has 0 bridgehead atoms. The van der Waals surface area contributed by atoms with E-state index < -0.39 is 11.8 Å². The number of hydrazine groups is 1. The van der Waals surface area contributed by atoms with Crippen LogP contribution in [0, 0.1) is 0 Å². The fraction of sp³-hybridized carbons (Fsp3) is 0.0714. The molecule has 0 radical (unpaired) electrons. The van der Waals surface area contributed by atoms with Crippen molar-refractivity contribution in [3.05, 3.63) is 56.7 Å². The molecule has 2 amide bonds. The molecule has 2 rings (SSSR count). The molecule has 2 aromatic rings. The van der Waals surface area contributed by atoms with Crippen molar-refractivity contribution >= 4 is 50.9 Å². The van der Waals surface area contributed by atoms with E-state index in [4.69, 9.17) is 27.9 Å². The van der Waals surface area contributed by atoms with Crippen molar-refractivity contribution in [3.63, 3.8) is 0 Å². The molecule has 6 nitrogen and oxygen atoms in total. The van der Waals surface area contributed by atoms with Crippen LogP contribution in [0.25, 0.3) is 0 Å². The second kappa shape index (κ2) is 8.14. The van der Waals surface area contributed by atoms with Gasteiger partial charge in [-0.05, 0) is 40.2 Å². The summed E-state index contributed by atoms with van der Waals surface area (Å²) in [6.07, 6.45) is 2.94. The van der Waals surface area contributed by atoms with Crippen molar-refractivity contribution in [2.45, 2.75) is 0 Å². The Morgan fingerprint density at radius 2 is 1.87 bits per heavy atom. The van der Waals surface area contributed by atoms with Gasteiger partial charge in [-0.3, -0.25) is 25.4 Å².